The molecule has 4 nitrogen and oxygen atoms in total. The summed E-state index contributed by atoms with van der Waals surface area (Å²) in [5, 5.41) is 2.72. The summed E-state index contributed by atoms with van der Waals surface area (Å²) in [6.45, 7) is 0. The Morgan fingerprint density at radius 3 is 2.76 bits per heavy atom. The van der Waals surface area contributed by atoms with Crippen molar-refractivity contribution in [2.45, 2.75) is 0 Å². The third kappa shape index (κ3) is 2.82. The van der Waals surface area contributed by atoms with Gasteiger partial charge in [-0.1, -0.05) is 6.07 Å². The molecule has 0 spiro atoms. The smallest absolute Gasteiger partial charge is 0.274 e. The molecule has 0 aliphatic carbocycles. The Hall–Kier alpha value is -1.88. The summed E-state index contributed by atoms with van der Waals surface area (Å²) in [7, 11) is 0. The number of nitrogens with two attached hydrogens (primary N) is 1. The summed E-state index contributed by atoms with van der Waals surface area (Å²) in [6.07, 6.45) is 1.57. The highest BCUT2D eigenvalue weighted by Crippen LogP contribution is 2.23. The Kier molecular flexibility index (Phi) is 3.39. The van der Waals surface area contributed by atoms with Crippen LogP contribution in [0.2, 0.25) is 0 Å². The summed E-state index contributed by atoms with van der Waals surface area (Å²) in [6, 6.07) is 10.4. The lowest BCUT2D eigenvalue weighted by molar-refractivity contribution is 0.102. The van der Waals surface area contributed by atoms with Crippen molar-refractivity contribution in [3.05, 3.63) is 52.8 Å². The first kappa shape index (κ1) is 11.6. The normalized spacial score (nSPS) is 9.94. The summed E-state index contributed by atoms with van der Waals surface area (Å²) >= 11 is 3.29. The zero-order chi connectivity index (χ0) is 12.3. The lowest BCUT2D eigenvalue weighted by atomic mass is 10.2. The molecule has 0 saturated heterocycles. The number of carbonyl (C=O) groups is 1. The molecular formula is C12H10BrN3O. The first-order valence-electron chi connectivity index (χ1n) is 4.94. The molecule has 5 heteroatoms. The molecule has 0 atom stereocenters. The van der Waals surface area contributed by atoms with Crippen molar-refractivity contribution >= 4 is 33.2 Å². The van der Waals surface area contributed by atoms with Crippen LogP contribution in [0, 0.1) is 0 Å². The predicted octanol–water partition coefficient (Wildman–Crippen LogP) is 2.68. The van der Waals surface area contributed by atoms with Gasteiger partial charge in [-0.2, -0.15) is 0 Å². The third-order valence-electron chi connectivity index (χ3n) is 2.15. The fourth-order valence-electron chi connectivity index (χ4n) is 1.31. The number of halogens is 1. The lowest BCUT2D eigenvalue weighted by Gasteiger charge is -2.06. The largest absolute Gasteiger partial charge is 0.398 e. The number of pyridine rings is 1. The van der Waals surface area contributed by atoms with Gasteiger partial charge >= 0.3 is 0 Å². The highest BCUT2D eigenvalue weighted by Gasteiger charge is 2.07. The maximum Gasteiger partial charge on any atom is 0.274 e. The van der Waals surface area contributed by atoms with Crippen LogP contribution in [0.5, 0.6) is 0 Å². The molecule has 0 unspecified atom stereocenters. The molecule has 0 radical (unpaired) electrons. The second-order valence-electron chi connectivity index (χ2n) is 3.41. The molecule has 0 bridgehead atoms. The van der Waals surface area contributed by atoms with Gasteiger partial charge in [0.2, 0.25) is 0 Å². The van der Waals surface area contributed by atoms with Gasteiger partial charge in [0.05, 0.1) is 0 Å². The van der Waals surface area contributed by atoms with Crippen molar-refractivity contribution in [2.75, 3.05) is 11.1 Å². The van der Waals surface area contributed by atoms with E-state index < -0.39 is 0 Å². The standard InChI is InChI=1S/C12H10BrN3O/c13-9-5-4-8(7-10(9)14)16-12(17)11-3-1-2-6-15-11/h1-7H,14H2,(H,16,17). The molecule has 0 aliphatic heterocycles. The third-order valence-corrected chi connectivity index (χ3v) is 2.87. The van der Waals surface area contributed by atoms with Crippen LogP contribution < -0.4 is 11.1 Å². The molecule has 0 fully saturated rings. The van der Waals surface area contributed by atoms with Crippen molar-refractivity contribution in [2.24, 2.45) is 0 Å². The molecule has 0 aliphatic rings. The van der Waals surface area contributed by atoms with Gasteiger partial charge in [-0.15, -0.1) is 0 Å². The second-order valence-corrected chi connectivity index (χ2v) is 4.26. The van der Waals surface area contributed by atoms with E-state index in [1.165, 1.54) is 0 Å². The van der Waals surface area contributed by atoms with Crippen molar-refractivity contribution in [1.82, 2.24) is 4.98 Å². The van der Waals surface area contributed by atoms with Crippen LogP contribution in [0.1, 0.15) is 10.5 Å². The number of rotatable bonds is 2. The fraction of sp³-hybridized carbons (Fsp3) is 0. The van der Waals surface area contributed by atoms with E-state index in [4.69, 9.17) is 5.73 Å². The Morgan fingerprint density at radius 1 is 1.29 bits per heavy atom. The Labute approximate surface area is 107 Å². The van der Waals surface area contributed by atoms with E-state index >= 15 is 0 Å². The molecule has 3 N–H and O–H groups in total. The summed E-state index contributed by atoms with van der Waals surface area (Å²) in [4.78, 5) is 15.7. The van der Waals surface area contributed by atoms with Gasteiger partial charge in [-0.25, -0.2) is 0 Å². The highest BCUT2D eigenvalue weighted by atomic mass is 79.9. The molecule has 2 aromatic rings. The van der Waals surface area contributed by atoms with Crippen LogP contribution in [0.4, 0.5) is 11.4 Å². The van der Waals surface area contributed by atoms with Crippen LogP contribution in [0.25, 0.3) is 0 Å². The van der Waals surface area contributed by atoms with Gasteiger partial charge in [0.1, 0.15) is 5.69 Å². The van der Waals surface area contributed by atoms with Gasteiger partial charge < -0.3 is 11.1 Å². The van der Waals surface area contributed by atoms with E-state index in [2.05, 4.69) is 26.2 Å². The Bertz CT molecular complexity index is 543. The number of hydrogen-bond donors (Lipinski definition) is 2. The van der Waals surface area contributed by atoms with E-state index in [0.717, 1.165) is 4.47 Å². The molecule has 1 aromatic carbocycles. The van der Waals surface area contributed by atoms with Crippen molar-refractivity contribution < 1.29 is 4.79 Å². The van der Waals surface area contributed by atoms with Crippen LogP contribution in [0.15, 0.2) is 47.1 Å². The summed E-state index contributed by atoms with van der Waals surface area (Å²) in [5.41, 5.74) is 7.30. The number of amides is 1. The molecule has 1 heterocycles. The summed E-state index contributed by atoms with van der Waals surface area (Å²) in [5.74, 6) is -0.257. The highest BCUT2D eigenvalue weighted by molar-refractivity contribution is 9.10. The Balaban J connectivity index is 2.16. The number of nitrogens with zero attached hydrogens (tertiary/aromatic N) is 1. The van der Waals surface area contributed by atoms with Crippen molar-refractivity contribution in [1.29, 1.82) is 0 Å². The number of hydrogen-bond acceptors (Lipinski definition) is 3. The van der Waals surface area contributed by atoms with Crippen LogP contribution in [0.3, 0.4) is 0 Å². The molecule has 1 aromatic heterocycles. The predicted molar refractivity (Wildman–Crippen MR) is 70.7 cm³/mol. The number of nitrogen functional groups attached to an aromatic ring is 1. The minimum Gasteiger partial charge on any atom is -0.398 e. The van der Waals surface area contributed by atoms with Gasteiger partial charge in [0, 0.05) is 22.0 Å². The Morgan fingerprint density at radius 2 is 2.12 bits per heavy atom. The van der Waals surface area contributed by atoms with E-state index in [9.17, 15) is 4.79 Å². The number of carbonyl (C=O) groups excluding carboxylic acids is 1. The molecule has 86 valence electrons. The van der Waals surface area contributed by atoms with Crippen LogP contribution in [-0.4, -0.2) is 10.9 Å². The van der Waals surface area contributed by atoms with Gasteiger partial charge in [-0.05, 0) is 46.3 Å². The molecule has 17 heavy (non-hydrogen) atoms. The zero-order valence-electron chi connectivity index (χ0n) is 8.85. The average molecular weight is 292 g/mol. The first-order chi connectivity index (χ1) is 8.16. The van der Waals surface area contributed by atoms with Crippen molar-refractivity contribution in [3.8, 4) is 0 Å². The van der Waals surface area contributed by atoms with E-state index in [-0.39, 0.29) is 5.91 Å². The minimum atomic E-state index is -0.257. The second kappa shape index (κ2) is 4.97. The van der Waals surface area contributed by atoms with Crippen LogP contribution >= 0.6 is 15.9 Å². The number of nitrogens with one attached hydrogen (secondary N) is 1. The molecular weight excluding hydrogens is 282 g/mol. The molecule has 2 rings (SSSR count). The zero-order valence-corrected chi connectivity index (χ0v) is 10.4. The van der Waals surface area contributed by atoms with E-state index in [1.54, 1.807) is 42.6 Å². The van der Waals surface area contributed by atoms with Crippen LogP contribution in [-0.2, 0) is 0 Å². The minimum absolute atomic E-state index is 0.257. The first-order valence-corrected chi connectivity index (χ1v) is 5.73. The fourth-order valence-corrected chi connectivity index (χ4v) is 1.56. The molecule has 1 amide bonds. The quantitative estimate of drug-likeness (QED) is 0.836. The molecule has 0 saturated carbocycles. The summed E-state index contributed by atoms with van der Waals surface area (Å²) < 4.78 is 0.799. The SMILES string of the molecule is Nc1cc(NC(=O)c2ccccn2)ccc1Br. The van der Waals surface area contributed by atoms with E-state index in [0.29, 0.717) is 17.1 Å². The topological polar surface area (TPSA) is 68.0 Å². The number of benzene rings is 1. The maximum absolute atomic E-state index is 11.8. The van der Waals surface area contributed by atoms with Gasteiger partial charge in [0.15, 0.2) is 0 Å². The number of aromatic nitrogens is 1. The lowest BCUT2D eigenvalue weighted by Crippen LogP contribution is -2.13. The van der Waals surface area contributed by atoms with Gasteiger partial charge in [-0.3, -0.25) is 9.78 Å². The number of anilines is 2. The van der Waals surface area contributed by atoms with Gasteiger partial charge in [0.25, 0.3) is 5.91 Å². The van der Waals surface area contributed by atoms with Crippen molar-refractivity contribution in [3.63, 3.8) is 0 Å². The monoisotopic (exact) mass is 291 g/mol. The maximum atomic E-state index is 11.8. The average Bonchev–Trinajstić information content (AvgIpc) is 2.35. The van der Waals surface area contributed by atoms with E-state index in [1.807, 2.05) is 0 Å².